The van der Waals surface area contributed by atoms with Crippen LogP contribution in [0.5, 0.6) is 11.5 Å². The van der Waals surface area contributed by atoms with Gasteiger partial charge in [-0.25, -0.2) is 0 Å². The second-order valence-corrected chi connectivity index (χ2v) is 4.92. The van der Waals surface area contributed by atoms with Gasteiger partial charge in [-0.15, -0.1) is 0 Å². The highest BCUT2D eigenvalue weighted by molar-refractivity contribution is 5.80. The average Bonchev–Trinajstić information content (AvgIpc) is 2.64. The van der Waals surface area contributed by atoms with Crippen molar-refractivity contribution in [2.75, 3.05) is 32.1 Å². The van der Waals surface area contributed by atoms with Crippen molar-refractivity contribution < 1.29 is 14.3 Å². The Hall–Kier alpha value is -3.20. The minimum Gasteiger partial charge on any atom is -0.497 e. The van der Waals surface area contributed by atoms with E-state index in [4.69, 9.17) is 14.7 Å². The van der Waals surface area contributed by atoms with Crippen LogP contribution in [0.15, 0.2) is 48.5 Å². The highest BCUT2D eigenvalue weighted by atomic mass is 16.5. The van der Waals surface area contributed by atoms with Crippen molar-refractivity contribution >= 4 is 11.6 Å². The first-order valence-electron chi connectivity index (χ1n) is 7.49. The summed E-state index contributed by atoms with van der Waals surface area (Å²) in [5.41, 5.74) is 1.37. The molecule has 0 aliphatic heterocycles. The first kappa shape index (κ1) is 17.2. The van der Waals surface area contributed by atoms with Gasteiger partial charge in [0.2, 0.25) is 5.91 Å². The summed E-state index contributed by atoms with van der Waals surface area (Å²) < 4.78 is 10.6. The lowest BCUT2D eigenvalue weighted by Gasteiger charge is -2.09. The number of amides is 1. The third kappa shape index (κ3) is 5.54. The molecule has 0 fully saturated rings. The zero-order chi connectivity index (χ0) is 17.2. The summed E-state index contributed by atoms with van der Waals surface area (Å²) >= 11 is 0. The molecule has 2 N–H and O–H groups in total. The van der Waals surface area contributed by atoms with Gasteiger partial charge in [0.25, 0.3) is 0 Å². The Morgan fingerprint density at radius 2 is 1.75 bits per heavy atom. The predicted molar refractivity (Wildman–Crippen MR) is 91.1 cm³/mol. The molecule has 0 heterocycles. The van der Waals surface area contributed by atoms with E-state index in [1.54, 1.807) is 31.4 Å². The number of benzene rings is 2. The molecule has 1 amide bonds. The molecule has 2 aromatic rings. The zero-order valence-electron chi connectivity index (χ0n) is 13.4. The molecule has 2 rings (SSSR count). The van der Waals surface area contributed by atoms with Crippen LogP contribution in [0, 0.1) is 11.3 Å². The number of nitriles is 1. The van der Waals surface area contributed by atoms with Gasteiger partial charge in [-0.1, -0.05) is 0 Å². The van der Waals surface area contributed by atoms with Crippen LogP contribution in [0.2, 0.25) is 0 Å². The van der Waals surface area contributed by atoms with Gasteiger partial charge in [-0.05, 0) is 48.5 Å². The summed E-state index contributed by atoms with van der Waals surface area (Å²) in [5, 5.41) is 14.5. The molecule has 6 nitrogen and oxygen atoms in total. The molecule has 124 valence electrons. The Kier molecular flexibility index (Phi) is 6.47. The van der Waals surface area contributed by atoms with Crippen molar-refractivity contribution in [2.45, 2.75) is 0 Å². The molecular weight excluding hydrogens is 306 g/mol. The second-order valence-electron chi connectivity index (χ2n) is 4.92. The molecule has 0 aromatic heterocycles. The first-order chi connectivity index (χ1) is 11.7. The third-order valence-electron chi connectivity index (χ3n) is 3.22. The van der Waals surface area contributed by atoms with Crippen molar-refractivity contribution in [3.8, 4) is 17.6 Å². The van der Waals surface area contributed by atoms with E-state index in [1.165, 1.54) is 0 Å². The fraction of sp³-hybridized carbons (Fsp3) is 0.222. The van der Waals surface area contributed by atoms with E-state index in [0.717, 1.165) is 17.2 Å². The number of methoxy groups -OCH3 is 1. The van der Waals surface area contributed by atoms with Crippen LogP contribution in [0.25, 0.3) is 0 Å². The number of nitrogens with zero attached hydrogens (tertiary/aromatic N) is 1. The van der Waals surface area contributed by atoms with Gasteiger partial charge in [-0.2, -0.15) is 5.26 Å². The predicted octanol–water partition coefficient (Wildman–Crippen LogP) is 2.17. The number of rotatable bonds is 8. The number of anilines is 1. The molecule has 24 heavy (non-hydrogen) atoms. The van der Waals surface area contributed by atoms with Crippen molar-refractivity contribution in [2.24, 2.45) is 0 Å². The number of hydrogen-bond donors (Lipinski definition) is 2. The summed E-state index contributed by atoms with van der Waals surface area (Å²) in [5.74, 6) is 1.36. The first-order valence-corrected chi connectivity index (χ1v) is 7.49. The minimum absolute atomic E-state index is 0.127. The van der Waals surface area contributed by atoms with Crippen LogP contribution in [0.1, 0.15) is 5.56 Å². The number of nitrogens with one attached hydrogen (secondary N) is 2. The molecule has 0 radical (unpaired) electrons. The number of carbonyl (C=O) groups excluding carboxylic acids is 1. The van der Waals surface area contributed by atoms with Crippen molar-refractivity contribution in [1.82, 2.24) is 5.32 Å². The van der Waals surface area contributed by atoms with E-state index in [-0.39, 0.29) is 12.5 Å². The summed E-state index contributed by atoms with van der Waals surface area (Å²) in [4.78, 5) is 11.7. The van der Waals surface area contributed by atoms with Crippen LogP contribution in [0.4, 0.5) is 5.69 Å². The maximum atomic E-state index is 11.7. The van der Waals surface area contributed by atoms with Gasteiger partial charge in [-0.3, -0.25) is 4.79 Å². The standard InChI is InChI=1S/C18H19N3O3/c1-23-16-6-8-17(9-7-16)24-11-10-20-18(22)13-21-15-4-2-14(12-19)3-5-15/h2-9,21H,10-11,13H2,1H3,(H,20,22). The molecule has 0 aliphatic rings. The lowest BCUT2D eigenvalue weighted by Crippen LogP contribution is -2.32. The smallest absolute Gasteiger partial charge is 0.239 e. The third-order valence-corrected chi connectivity index (χ3v) is 3.22. The van der Waals surface area contributed by atoms with Gasteiger partial charge in [0.15, 0.2) is 0 Å². The second kappa shape index (κ2) is 9.06. The Labute approximate surface area is 141 Å². The quantitative estimate of drug-likeness (QED) is 0.727. The maximum absolute atomic E-state index is 11.7. The molecule has 0 aliphatic carbocycles. The van der Waals surface area contributed by atoms with E-state index < -0.39 is 0 Å². The minimum atomic E-state index is -0.127. The van der Waals surface area contributed by atoms with Crippen LogP contribution in [0.3, 0.4) is 0 Å². The Balaban J connectivity index is 1.63. The Morgan fingerprint density at radius 1 is 1.08 bits per heavy atom. The van der Waals surface area contributed by atoms with Gasteiger partial charge < -0.3 is 20.1 Å². The van der Waals surface area contributed by atoms with Crippen LogP contribution >= 0.6 is 0 Å². The fourth-order valence-corrected chi connectivity index (χ4v) is 1.94. The van der Waals surface area contributed by atoms with Crippen LogP contribution in [-0.4, -0.2) is 32.7 Å². The molecule has 0 saturated carbocycles. The highest BCUT2D eigenvalue weighted by Crippen LogP contribution is 2.16. The van der Waals surface area contributed by atoms with E-state index in [9.17, 15) is 4.79 Å². The molecule has 0 saturated heterocycles. The normalized spacial score (nSPS) is 9.67. The van der Waals surface area contributed by atoms with Gasteiger partial charge in [0.1, 0.15) is 18.1 Å². The monoisotopic (exact) mass is 325 g/mol. The van der Waals surface area contributed by atoms with E-state index in [2.05, 4.69) is 10.6 Å². The number of carbonyl (C=O) groups is 1. The summed E-state index contributed by atoms with van der Waals surface area (Å²) in [6, 6.07) is 16.2. The highest BCUT2D eigenvalue weighted by Gasteiger charge is 2.01. The average molecular weight is 325 g/mol. The number of hydrogen-bond acceptors (Lipinski definition) is 5. The topological polar surface area (TPSA) is 83.4 Å². The molecule has 0 atom stereocenters. The SMILES string of the molecule is COc1ccc(OCCNC(=O)CNc2ccc(C#N)cc2)cc1. The molecule has 2 aromatic carbocycles. The molecule has 0 bridgehead atoms. The maximum Gasteiger partial charge on any atom is 0.239 e. The summed E-state index contributed by atoms with van der Waals surface area (Å²) in [6.45, 7) is 0.962. The zero-order valence-corrected chi connectivity index (χ0v) is 13.4. The number of ether oxygens (including phenoxy) is 2. The van der Waals surface area contributed by atoms with E-state index >= 15 is 0 Å². The fourth-order valence-electron chi connectivity index (χ4n) is 1.94. The summed E-state index contributed by atoms with van der Waals surface area (Å²) in [6.07, 6.45) is 0. The summed E-state index contributed by atoms with van der Waals surface area (Å²) in [7, 11) is 1.61. The van der Waals surface area contributed by atoms with E-state index in [1.807, 2.05) is 30.3 Å². The Morgan fingerprint density at radius 3 is 2.38 bits per heavy atom. The molecule has 6 heteroatoms. The lowest BCUT2D eigenvalue weighted by molar-refractivity contribution is -0.119. The molecular formula is C18H19N3O3. The van der Waals surface area contributed by atoms with Crippen LogP contribution in [-0.2, 0) is 4.79 Å². The molecule has 0 unspecified atom stereocenters. The Bertz CT molecular complexity index is 691. The van der Waals surface area contributed by atoms with Crippen molar-refractivity contribution in [1.29, 1.82) is 5.26 Å². The lowest BCUT2D eigenvalue weighted by atomic mass is 10.2. The van der Waals surface area contributed by atoms with Gasteiger partial charge >= 0.3 is 0 Å². The van der Waals surface area contributed by atoms with Gasteiger partial charge in [0.05, 0.1) is 31.8 Å². The van der Waals surface area contributed by atoms with E-state index in [0.29, 0.717) is 18.7 Å². The van der Waals surface area contributed by atoms with Crippen LogP contribution < -0.4 is 20.1 Å². The van der Waals surface area contributed by atoms with Crippen molar-refractivity contribution in [3.63, 3.8) is 0 Å². The largest absolute Gasteiger partial charge is 0.497 e. The van der Waals surface area contributed by atoms with Crippen molar-refractivity contribution in [3.05, 3.63) is 54.1 Å². The van der Waals surface area contributed by atoms with Gasteiger partial charge in [0, 0.05) is 5.69 Å². The molecule has 0 spiro atoms.